The molecule has 29 heavy (non-hydrogen) atoms. The van der Waals surface area contributed by atoms with Crippen LogP contribution in [-0.2, 0) is 0 Å². The topological polar surface area (TPSA) is 61.8 Å². The molecule has 5 nitrogen and oxygen atoms in total. The summed E-state index contributed by atoms with van der Waals surface area (Å²) >= 11 is 0. The van der Waals surface area contributed by atoms with Crippen molar-refractivity contribution in [1.82, 2.24) is 4.90 Å². The van der Waals surface area contributed by atoms with Crippen LogP contribution in [0.1, 0.15) is 49.9 Å². The molecule has 1 amide bonds. The van der Waals surface area contributed by atoms with Crippen LogP contribution in [0, 0.1) is 0 Å². The summed E-state index contributed by atoms with van der Waals surface area (Å²) in [6.07, 6.45) is 3.92. The fourth-order valence-electron chi connectivity index (χ4n) is 3.09. The number of ether oxygens (including phenoxy) is 1. The molecule has 2 aromatic carbocycles. The molecule has 0 aromatic heterocycles. The van der Waals surface area contributed by atoms with E-state index in [1.807, 2.05) is 36.4 Å². The molecule has 0 saturated heterocycles. The second-order valence-electron chi connectivity index (χ2n) is 7.29. The van der Waals surface area contributed by atoms with E-state index >= 15 is 0 Å². The van der Waals surface area contributed by atoms with E-state index in [-0.39, 0.29) is 12.5 Å². The first-order chi connectivity index (χ1) is 14.1. The van der Waals surface area contributed by atoms with Gasteiger partial charge in [-0.15, -0.1) is 0 Å². The lowest BCUT2D eigenvalue weighted by Gasteiger charge is -2.25. The van der Waals surface area contributed by atoms with Crippen LogP contribution in [0.15, 0.2) is 54.6 Å². The van der Waals surface area contributed by atoms with Gasteiger partial charge in [0.1, 0.15) is 18.5 Å². The van der Waals surface area contributed by atoms with Gasteiger partial charge in [-0.05, 0) is 50.2 Å². The van der Waals surface area contributed by atoms with Crippen molar-refractivity contribution in [2.45, 2.75) is 45.6 Å². The number of nitrogens with one attached hydrogen (secondary N) is 1. The minimum atomic E-state index is -0.603. The molecule has 0 aliphatic heterocycles. The largest absolute Gasteiger partial charge is 0.490 e. The van der Waals surface area contributed by atoms with E-state index in [0.717, 1.165) is 44.5 Å². The highest BCUT2D eigenvalue weighted by molar-refractivity contribution is 6.06. The van der Waals surface area contributed by atoms with Gasteiger partial charge >= 0.3 is 0 Å². The van der Waals surface area contributed by atoms with Crippen LogP contribution in [-0.4, -0.2) is 48.3 Å². The number of unbranched alkanes of at least 4 members (excludes halogenated alkanes) is 2. The second kappa shape index (κ2) is 13.0. The minimum Gasteiger partial charge on any atom is -0.490 e. The van der Waals surface area contributed by atoms with Crippen LogP contribution in [0.2, 0.25) is 0 Å². The van der Waals surface area contributed by atoms with Crippen LogP contribution >= 0.6 is 0 Å². The van der Waals surface area contributed by atoms with Crippen molar-refractivity contribution >= 4 is 11.6 Å². The fourth-order valence-corrected chi connectivity index (χ4v) is 3.09. The lowest BCUT2D eigenvalue weighted by Crippen LogP contribution is -2.37. The Kier molecular flexibility index (Phi) is 10.2. The van der Waals surface area contributed by atoms with Gasteiger partial charge in [0, 0.05) is 12.2 Å². The van der Waals surface area contributed by atoms with Crippen molar-refractivity contribution in [1.29, 1.82) is 0 Å². The number of aliphatic hydroxyl groups is 1. The highest BCUT2D eigenvalue weighted by Crippen LogP contribution is 2.20. The molecule has 0 unspecified atom stereocenters. The highest BCUT2D eigenvalue weighted by atomic mass is 16.5. The third-order valence-corrected chi connectivity index (χ3v) is 4.72. The summed E-state index contributed by atoms with van der Waals surface area (Å²) in [6.45, 7) is 7.07. The van der Waals surface area contributed by atoms with E-state index in [1.54, 1.807) is 18.2 Å². The number of benzene rings is 2. The van der Waals surface area contributed by atoms with E-state index in [0.29, 0.717) is 17.9 Å². The number of carbonyl (C=O) groups excluding carboxylic acids is 1. The van der Waals surface area contributed by atoms with Crippen molar-refractivity contribution < 1.29 is 14.6 Å². The number of rotatable bonds is 13. The smallest absolute Gasteiger partial charge is 0.259 e. The lowest BCUT2D eigenvalue weighted by atomic mass is 10.1. The standard InChI is InChI=1S/C24H34N2O3/c1-3-5-16-26(17-6-4-2)18-21(27)19-29-23-15-11-10-14-22(23)24(28)25-20-12-8-7-9-13-20/h7-15,21,27H,3-6,16-19H2,1-2H3,(H,25,28)/t21-/m1/s1. The van der Waals surface area contributed by atoms with Crippen LogP contribution in [0.3, 0.4) is 0 Å². The van der Waals surface area contributed by atoms with Crippen LogP contribution in [0.4, 0.5) is 5.69 Å². The van der Waals surface area contributed by atoms with Gasteiger partial charge < -0.3 is 20.1 Å². The number of para-hydroxylation sites is 2. The lowest BCUT2D eigenvalue weighted by molar-refractivity contribution is 0.0665. The number of nitrogens with zero attached hydrogens (tertiary/aromatic N) is 1. The minimum absolute atomic E-state index is 0.157. The molecule has 2 N–H and O–H groups in total. The normalized spacial score (nSPS) is 12.0. The quantitative estimate of drug-likeness (QED) is 0.518. The predicted octanol–water partition coefficient (Wildman–Crippen LogP) is 4.58. The molecular formula is C24H34N2O3. The average molecular weight is 399 g/mol. The monoisotopic (exact) mass is 398 g/mol. The molecule has 158 valence electrons. The number of hydrogen-bond acceptors (Lipinski definition) is 4. The van der Waals surface area contributed by atoms with Gasteiger partial charge in [-0.25, -0.2) is 0 Å². The second-order valence-corrected chi connectivity index (χ2v) is 7.29. The van der Waals surface area contributed by atoms with Gasteiger partial charge in [0.2, 0.25) is 0 Å². The Morgan fingerprint density at radius 1 is 1.00 bits per heavy atom. The molecule has 0 bridgehead atoms. The van der Waals surface area contributed by atoms with Gasteiger partial charge in [0.05, 0.1) is 5.56 Å². The van der Waals surface area contributed by atoms with Crippen molar-refractivity contribution in [3.05, 3.63) is 60.2 Å². The Morgan fingerprint density at radius 3 is 2.28 bits per heavy atom. The summed E-state index contributed by atoms with van der Waals surface area (Å²) in [5, 5.41) is 13.4. The Morgan fingerprint density at radius 2 is 1.62 bits per heavy atom. The average Bonchev–Trinajstić information content (AvgIpc) is 2.75. The molecule has 0 aliphatic rings. The van der Waals surface area contributed by atoms with Gasteiger partial charge in [-0.1, -0.05) is 57.0 Å². The Bertz CT molecular complexity index is 713. The molecule has 2 aromatic rings. The van der Waals surface area contributed by atoms with Crippen LogP contribution < -0.4 is 10.1 Å². The zero-order valence-corrected chi connectivity index (χ0v) is 17.6. The third-order valence-electron chi connectivity index (χ3n) is 4.72. The molecular weight excluding hydrogens is 364 g/mol. The van der Waals surface area contributed by atoms with E-state index in [2.05, 4.69) is 24.1 Å². The van der Waals surface area contributed by atoms with Crippen LogP contribution in [0.5, 0.6) is 5.75 Å². The molecule has 0 saturated carbocycles. The fraction of sp³-hybridized carbons (Fsp3) is 0.458. The first kappa shape index (κ1) is 22.9. The summed E-state index contributed by atoms with van der Waals surface area (Å²) in [5.74, 6) is 0.252. The first-order valence-electron chi connectivity index (χ1n) is 10.6. The Hall–Kier alpha value is -2.37. The van der Waals surface area contributed by atoms with E-state index in [1.165, 1.54) is 0 Å². The number of aliphatic hydroxyl groups excluding tert-OH is 1. The van der Waals surface area contributed by atoms with E-state index in [9.17, 15) is 9.90 Å². The van der Waals surface area contributed by atoms with E-state index in [4.69, 9.17) is 4.74 Å². The van der Waals surface area contributed by atoms with Crippen molar-refractivity contribution in [2.24, 2.45) is 0 Å². The Labute approximate surface area is 174 Å². The Balaban J connectivity index is 1.93. The molecule has 0 fully saturated rings. The maximum Gasteiger partial charge on any atom is 0.259 e. The highest BCUT2D eigenvalue weighted by Gasteiger charge is 2.16. The predicted molar refractivity (Wildman–Crippen MR) is 119 cm³/mol. The van der Waals surface area contributed by atoms with E-state index < -0.39 is 6.10 Å². The molecule has 0 heterocycles. The summed E-state index contributed by atoms with van der Waals surface area (Å²) in [7, 11) is 0. The van der Waals surface area contributed by atoms with Gasteiger partial charge in [-0.3, -0.25) is 4.79 Å². The maximum absolute atomic E-state index is 12.6. The number of amides is 1. The zero-order valence-electron chi connectivity index (χ0n) is 17.6. The van der Waals surface area contributed by atoms with Crippen LogP contribution in [0.25, 0.3) is 0 Å². The van der Waals surface area contributed by atoms with Crippen molar-refractivity contribution in [2.75, 3.05) is 31.6 Å². The first-order valence-corrected chi connectivity index (χ1v) is 10.6. The SMILES string of the molecule is CCCCN(CCCC)C[C@@H](O)COc1ccccc1C(=O)Nc1ccccc1. The summed E-state index contributed by atoms with van der Waals surface area (Å²) in [6, 6.07) is 16.5. The van der Waals surface area contributed by atoms with Crippen molar-refractivity contribution in [3.8, 4) is 5.75 Å². The van der Waals surface area contributed by atoms with Gasteiger partial charge in [0.25, 0.3) is 5.91 Å². The maximum atomic E-state index is 12.6. The number of hydrogen-bond donors (Lipinski definition) is 2. The molecule has 0 spiro atoms. The molecule has 0 aliphatic carbocycles. The summed E-state index contributed by atoms with van der Waals surface area (Å²) < 4.78 is 5.83. The summed E-state index contributed by atoms with van der Waals surface area (Å²) in [5.41, 5.74) is 1.19. The van der Waals surface area contributed by atoms with Crippen molar-refractivity contribution in [3.63, 3.8) is 0 Å². The van der Waals surface area contributed by atoms with Gasteiger partial charge in [0.15, 0.2) is 0 Å². The summed E-state index contributed by atoms with van der Waals surface area (Å²) in [4.78, 5) is 14.9. The molecule has 5 heteroatoms. The molecule has 0 radical (unpaired) electrons. The zero-order chi connectivity index (χ0) is 20.9. The number of carbonyl (C=O) groups is 1. The molecule has 2 rings (SSSR count). The van der Waals surface area contributed by atoms with Gasteiger partial charge in [-0.2, -0.15) is 0 Å². The number of anilines is 1. The third kappa shape index (κ3) is 8.26. The molecule has 1 atom stereocenters.